The molecule has 150 valence electrons. The van der Waals surface area contributed by atoms with E-state index in [9.17, 15) is 14.4 Å². The predicted molar refractivity (Wildman–Crippen MR) is 106 cm³/mol. The number of nitrogens with zero attached hydrogens (tertiary/aromatic N) is 1. The highest BCUT2D eigenvalue weighted by Gasteiger charge is 2.51. The number of hydrogen-bond donors (Lipinski definition) is 2. The molecule has 0 aromatic heterocycles. The van der Waals surface area contributed by atoms with Gasteiger partial charge in [0, 0.05) is 24.9 Å². The van der Waals surface area contributed by atoms with Gasteiger partial charge in [-0.05, 0) is 44.1 Å². The summed E-state index contributed by atoms with van der Waals surface area (Å²) in [6.07, 6.45) is 5.04. The second-order valence-electron chi connectivity index (χ2n) is 8.90. The lowest BCUT2D eigenvalue weighted by Gasteiger charge is -2.55. The first-order chi connectivity index (χ1) is 13.4. The number of fused-ring (bicyclic) bond motifs is 1. The van der Waals surface area contributed by atoms with Crippen molar-refractivity contribution in [3.63, 3.8) is 0 Å². The molecular formula is C22H29N3O3. The SMILES string of the molecule is CC1(C)NC(=O)N(CCC(=O)N[C@H]2[C@H]3CCCC[C@H]3[C@@H]2c2ccccc2)C1=O. The fourth-order valence-electron chi connectivity index (χ4n) is 5.29. The van der Waals surface area contributed by atoms with Crippen molar-refractivity contribution in [2.75, 3.05) is 6.54 Å². The van der Waals surface area contributed by atoms with Crippen molar-refractivity contribution in [1.82, 2.24) is 15.5 Å². The van der Waals surface area contributed by atoms with Crippen LogP contribution in [-0.2, 0) is 9.59 Å². The van der Waals surface area contributed by atoms with Crippen LogP contribution in [0.3, 0.4) is 0 Å². The van der Waals surface area contributed by atoms with E-state index >= 15 is 0 Å². The molecule has 4 atom stereocenters. The average Bonchev–Trinajstić information content (AvgIpc) is 2.86. The van der Waals surface area contributed by atoms with E-state index in [1.54, 1.807) is 13.8 Å². The predicted octanol–water partition coefficient (Wildman–Crippen LogP) is 2.80. The number of carbonyl (C=O) groups is 3. The van der Waals surface area contributed by atoms with Crippen LogP contribution in [0.2, 0.25) is 0 Å². The van der Waals surface area contributed by atoms with Crippen LogP contribution in [0.25, 0.3) is 0 Å². The maximum atomic E-state index is 12.6. The van der Waals surface area contributed by atoms with Gasteiger partial charge >= 0.3 is 6.03 Å². The molecule has 3 aliphatic rings. The van der Waals surface area contributed by atoms with Crippen LogP contribution in [0.15, 0.2) is 30.3 Å². The summed E-state index contributed by atoms with van der Waals surface area (Å²) in [5.74, 6) is 1.20. The van der Waals surface area contributed by atoms with Crippen LogP contribution in [0.1, 0.15) is 57.4 Å². The van der Waals surface area contributed by atoms with Crippen LogP contribution >= 0.6 is 0 Å². The second kappa shape index (κ2) is 7.22. The minimum absolute atomic E-state index is 0.0831. The zero-order valence-corrected chi connectivity index (χ0v) is 16.6. The molecule has 0 bridgehead atoms. The van der Waals surface area contributed by atoms with E-state index in [1.165, 1.54) is 31.2 Å². The van der Waals surface area contributed by atoms with E-state index in [4.69, 9.17) is 0 Å². The Balaban J connectivity index is 1.39. The summed E-state index contributed by atoms with van der Waals surface area (Å²) in [6, 6.07) is 10.2. The summed E-state index contributed by atoms with van der Waals surface area (Å²) < 4.78 is 0. The molecule has 4 amide bonds. The molecule has 6 nitrogen and oxygen atoms in total. The van der Waals surface area contributed by atoms with Crippen molar-refractivity contribution < 1.29 is 14.4 Å². The van der Waals surface area contributed by atoms with Crippen LogP contribution in [0, 0.1) is 11.8 Å². The van der Waals surface area contributed by atoms with Crippen molar-refractivity contribution in [2.24, 2.45) is 11.8 Å². The molecule has 1 aromatic rings. The third-order valence-corrected chi connectivity index (χ3v) is 6.70. The smallest absolute Gasteiger partial charge is 0.325 e. The Bertz CT molecular complexity index is 776. The third-order valence-electron chi connectivity index (χ3n) is 6.70. The summed E-state index contributed by atoms with van der Waals surface area (Å²) in [5.41, 5.74) is 0.404. The molecule has 0 spiro atoms. The number of benzene rings is 1. The zero-order valence-electron chi connectivity index (χ0n) is 16.6. The van der Waals surface area contributed by atoms with Crippen LogP contribution < -0.4 is 10.6 Å². The van der Waals surface area contributed by atoms with Crippen LogP contribution in [0.5, 0.6) is 0 Å². The topological polar surface area (TPSA) is 78.5 Å². The normalized spacial score (nSPS) is 31.0. The van der Waals surface area contributed by atoms with Gasteiger partial charge in [0.25, 0.3) is 5.91 Å². The molecule has 6 heteroatoms. The van der Waals surface area contributed by atoms with E-state index in [2.05, 4.69) is 34.9 Å². The average molecular weight is 383 g/mol. The van der Waals surface area contributed by atoms with Gasteiger partial charge in [0.15, 0.2) is 0 Å². The number of carbonyl (C=O) groups excluding carboxylic acids is 3. The number of urea groups is 1. The number of imide groups is 1. The molecule has 3 fully saturated rings. The Labute approximate surface area is 166 Å². The quantitative estimate of drug-likeness (QED) is 0.768. The maximum absolute atomic E-state index is 12.6. The highest BCUT2D eigenvalue weighted by atomic mass is 16.2. The Kier molecular flexibility index (Phi) is 4.89. The molecule has 0 radical (unpaired) electrons. The Hall–Kier alpha value is -2.37. The minimum Gasteiger partial charge on any atom is -0.352 e. The minimum atomic E-state index is -0.894. The van der Waals surface area contributed by atoms with Crippen LogP contribution in [0.4, 0.5) is 4.79 Å². The Morgan fingerprint density at radius 2 is 1.82 bits per heavy atom. The van der Waals surface area contributed by atoms with Crippen molar-refractivity contribution in [3.8, 4) is 0 Å². The highest BCUT2D eigenvalue weighted by molar-refractivity contribution is 6.06. The first-order valence-electron chi connectivity index (χ1n) is 10.4. The standard InChI is InChI=1S/C22H29N3O3/c1-22(2)20(27)25(21(28)24-22)13-12-17(26)23-19-16-11-7-6-10-15(16)18(19)14-8-4-3-5-9-14/h3-5,8-9,15-16,18-19H,6-7,10-13H2,1-2H3,(H,23,26)(H,24,28)/t15-,16+,18+,19+/m1/s1. The van der Waals surface area contributed by atoms with E-state index in [1.807, 2.05) is 6.07 Å². The maximum Gasteiger partial charge on any atom is 0.325 e. The molecule has 2 N–H and O–H groups in total. The number of nitrogens with one attached hydrogen (secondary N) is 2. The number of rotatable bonds is 5. The molecule has 1 aromatic carbocycles. The molecule has 1 saturated heterocycles. The van der Waals surface area contributed by atoms with Crippen LogP contribution in [-0.4, -0.2) is 40.9 Å². The van der Waals surface area contributed by atoms with Crippen molar-refractivity contribution in [3.05, 3.63) is 35.9 Å². The van der Waals surface area contributed by atoms with E-state index in [0.29, 0.717) is 17.8 Å². The largest absolute Gasteiger partial charge is 0.352 e. The molecule has 28 heavy (non-hydrogen) atoms. The molecule has 2 saturated carbocycles. The van der Waals surface area contributed by atoms with Gasteiger partial charge in [0.1, 0.15) is 5.54 Å². The highest BCUT2D eigenvalue weighted by Crippen LogP contribution is 2.54. The van der Waals surface area contributed by atoms with Gasteiger partial charge in [-0.15, -0.1) is 0 Å². The summed E-state index contributed by atoms with van der Waals surface area (Å²) in [6.45, 7) is 3.47. The van der Waals surface area contributed by atoms with Crippen molar-refractivity contribution in [2.45, 2.75) is 63.5 Å². The molecule has 1 aliphatic heterocycles. The molecule has 2 aliphatic carbocycles. The zero-order chi connectivity index (χ0) is 19.9. The van der Waals surface area contributed by atoms with E-state index in [0.717, 1.165) is 4.90 Å². The molecule has 1 heterocycles. The van der Waals surface area contributed by atoms with Crippen molar-refractivity contribution in [1.29, 1.82) is 0 Å². The Morgan fingerprint density at radius 3 is 2.46 bits per heavy atom. The van der Waals surface area contributed by atoms with Crippen molar-refractivity contribution >= 4 is 17.8 Å². The van der Waals surface area contributed by atoms with Gasteiger partial charge < -0.3 is 10.6 Å². The summed E-state index contributed by atoms with van der Waals surface area (Å²) in [7, 11) is 0. The van der Waals surface area contributed by atoms with Gasteiger partial charge in [0.2, 0.25) is 5.91 Å². The van der Waals surface area contributed by atoms with E-state index < -0.39 is 11.6 Å². The fourth-order valence-corrected chi connectivity index (χ4v) is 5.29. The Morgan fingerprint density at radius 1 is 1.14 bits per heavy atom. The van der Waals surface area contributed by atoms with Gasteiger partial charge in [-0.25, -0.2) is 4.79 Å². The van der Waals surface area contributed by atoms with Gasteiger partial charge in [-0.2, -0.15) is 0 Å². The fraction of sp³-hybridized carbons (Fsp3) is 0.591. The van der Waals surface area contributed by atoms with E-state index in [-0.39, 0.29) is 30.8 Å². The molecule has 0 unspecified atom stereocenters. The molecule has 4 rings (SSSR count). The lowest BCUT2D eigenvalue weighted by molar-refractivity contribution is -0.131. The lowest BCUT2D eigenvalue weighted by Crippen LogP contribution is -2.59. The summed E-state index contributed by atoms with van der Waals surface area (Å²) in [4.78, 5) is 38.1. The summed E-state index contributed by atoms with van der Waals surface area (Å²) >= 11 is 0. The first kappa shape index (κ1) is 19.0. The molecular weight excluding hydrogens is 354 g/mol. The second-order valence-corrected chi connectivity index (χ2v) is 8.90. The summed E-state index contributed by atoms with van der Waals surface area (Å²) in [5, 5.41) is 5.88. The van der Waals surface area contributed by atoms with Gasteiger partial charge in [0.05, 0.1) is 0 Å². The van der Waals surface area contributed by atoms with Gasteiger partial charge in [-0.1, -0.05) is 43.2 Å². The lowest BCUT2D eigenvalue weighted by atomic mass is 9.53. The van der Waals surface area contributed by atoms with Gasteiger partial charge in [-0.3, -0.25) is 14.5 Å². The monoisotopic (exact) mass is 383 g/mol. The number of hydrogen-bond acceptors (Lipinski definition) is 3. The first-order valence-corrected chi connectivity index (χ1v) is 10.4. The third kappa shape index (κ3) is 3.29. The number of amides is 4.